The first-order chi connectivity index (χ1) is 9.59. The lowest BCUT2D eigenvalue weighted by Crippen LogP contribution is -2.30. The van der Waals surface area contributed by atoms with Crippen molar-refractivity contribution in [1.82, 2.24) is 5.32 Å². The molecule has 0 aliphatic carbocycles. The van der Waals surface area contributed by atoms with Crippen molar-refractivity contribution in [2.24, 2.45) is 0 Å². The topological polar surface area (TPSA) is 83.5 Å². The fourth-order valence-electron chi connectivity index (χ4n) is 1.77. The van der Waals surface area contributed by atoms with Crippen LogP contribution in [0.2, 0.25) is 0 Å². The predicted molar refractivity (Wildman–Crippen MR) is 74.3 cm³/mol. The zero-order chi connectivity index (χ0) is 14.8. The van der Waals surface area contributed by atoms with Gasteiger partial charge in [-0.05, 0) is 25.0 Å². The predicted octanol–water partition coefficient (Wildman–Crippen LogP) is 2.37. The fourth-order valence-corrected chi connectivity index (χ4v) is 1.77. The van der Waals surface area contributed by atoms with Gasteiger partial charge in [-0.3, -0.25) is 19.7 Å². The van der Waals surface area contributed by atoms with Crippen molar-refractivity contribution >= 4 is 17.8 Å². The summed E-state index contributed by atoms with van der Waals surface area (Å²) in [6.07, 6.45) is 3.31. The Morgan fingerprint density at radius 1 is 0.900 bits per heavy atom. The highest BCUT2D eigenvalue weighted by atomic mass is 16.4. The molecular weight excluding hydrogens is 258 g/mol. The summed E-state index contributed by atoms with van der Waals surface area (Å²) in [7, 11) is 0. The number of unbranched alkanes of at least 4 members (excludes halogenated alkanes) is 3. The summed E-state index contributed by atoms with van der Waals surface area (Å²) in [5.74, 6) is -1.48. The number of rotatable bonds is 8. The first-order valence-corrected chi connectivity index (χ1v) is 6.70. The molecule has 2 N–H and O–H groups in total. The van der Waals surface area contributed by atoms with Crippen LogP contribution >= 0.6 is 0 Å². The van der Waals surface area contributed by atoms with Crippen LogP contribution in [0, 0.1) is 0 Å². The van der Waals surface area contributed by atoms with Crippen molar-refractivity contribution < 1.29 is 19.5 Å². The van der Waals surface area contributed by atoms with Crippen LogP contribution in [0.25, 0.3) is 0 Å². The molecule has 0 aliphatic heterocycles. The first-order valence-electron chi connectivity index (χ1n) is 6.70. The summed E-state index contributed by atoms with van der Waals surface area (Å²) >= 11 is 0. The van der Waals surface area contributed by atoms with Crippen molar-refractivity contribution in [3.05, 3.63) is 35.9 Å². The van der Waals surface area contributed by atoms with Gasteiger partial charge < -0.3 is 5.11 Å². The summed E-state index contributed by atoms with van der Waals surface area (Å²) in [6, 6.07) is 8.57. The molecule has 0 saturated heterocycles. The minimum Gasteiger partial charge on any atom is -0.481 e. The van der Waals surface area contributed by atoms with Crippen LogP contribution in [0.5, 0.6) is 0 Å². The quantitative estimate of drug-likeness (QED) is 0.714. The summed E-state index contributed by atoms with van der Waals surface area (Å²) < 4.78 is 0. The van der Waals surface area contributed by atoms with E-state index in [0.29, 0.717) is 18.4 Å². The molecule has 0 atom stereocenters. The Balaban J connectivity index is 2.14. The van der Waals surface area contributed by atoms with Gasteiger partial charge in [-0.25, -0.2) is 0 Å². The van der Waals surface area contributed by atoms with Gasteiger partial charge in [0.25, 0.3) is 5.91 Å². The number of carboxylic acid groups (broad SMARTS) is 1. The maximum atomic E-state index is 11.7. The first kappa shape index (κ1) is 15.9. The largest absolute Gasteiger partial charge is 0.481 e. The van der Waals surface area contributed by atoms with Crippen molar-refractivity contribution in [2.45, 2.75) is 38.5 Å². The van der Waals surface area contributed by atoms with Gasteiger partial charge in [-0.1, -0.05) is 31.0 Å². The van der Waals surface area contributed by atoms with Gasteiger partial charge in [-0.15, -0.1) is 0 Å². The second-order valence-electron chi connectivity index (χ2n) is 4.55. The zero-order valence-electron chi connectivity index (χ0n) is 11.3. The lowest BCUT2D eigenvalue weighted by atomic mass is 10.1. The molecule has 0 bridgehead atoms. The standard InChI is InChI=1S/C15H19NO4/c17-13(10-6-1-2-7-11-14(18)19)16-15(20)12-8-4-3-5-9-12/h3-5,8-9H,1-2,6-7,10-11H2,(H,18,19)(H,16,17,20). The minimum absolute atomic E-state index is 0.165. The van der Waals surface area contributed by atoms with Gasteiger partial charge in [0, 0.05) is 18.4 Å². The van der Waals surface area contributed by atoms with Crippen molar-refractivity contribution in [1.29, 1.82) is 0 Å². The van der Waals surface area contributed by atoms with Gasteiger partial charge in [0.15, 0.2) is 0 Å². The van der Waals surface area contributed by atoms with Gasteiger partial charge >= 0.3 is 5.97 Å². The normalized spacial score (nSPS) is 10.0. The van der Waals surface area contributed by atoms with Crippen molar-refractivity contribution in [2.75, 3.05) is 0 Å². The second-order valence-corrected chi connectivity index (χ2v) is 4.55. The maximum absolute atomic E-state index is 11.7. The highest BCUT2D eigenvalue weighted by Gasteiger charge is 2.09. The molecule has 0 fully saturated rings. The molecule has 0 aliphatic rings. The second kappa shape index (κ2) is 8.85. The Morgan fingerprint density at radius 3 is 2.10 bits per heavy atom. The Hall–Kier alpha value is -2.17. The van der Waals surface area contributed by atoms with Crippen LogP contribution in [0.3, 0.4) is 0 Å². The number of carbonyl (C=O) groups is 3. The highest BCUT2D eigenvalue weighted by Crippen LogP contribution is 2.05. The SMILES string of the molecule is O=C(O)CCCCCCC(=O)NC(=O)c1ccccc1. The van der Waals surface area contributed by atoms with E-state index in [1.54, 1.807) is 30.3 Å². The summed E-state index contributed by atoms with van der Waals surface area (Å²) in [6.45, 7) is 0. The molecule has 5 heteroatoms. The number of aliphatic carboxylic acids is 1. The number of hydrogen-bond acceptors (Lipinski definition) is 3. The Morgan fingerprint density at radius 2 is 1.50 bits per heavy atom. The molecule has 0 heterocycles. The summed E-state index contributed by atoms with van der Waals surface area (Å²) in [5.41, 5.74) is 0.460. The van der Waals surface area contributed by atoms with E-state index in [-0.39, 0.29) is 24.7 Å². The minimum atomic E-state index is -0.795. The number of carboxylic acids is 1. The molecule has 0 aromatic heterocycles. The molecular formula is C15H19NO4. The van der Waals surface area contributed by atoms with E-state index in [4.69, 9.17) is 5.11 Å². The molecule has 20 heavy (non-hydrogen) atoms. The molecule has 0 spiro atoms. The number of amides is 2. The van der Waals surface area contributed by atoms with Crippen molar-refractivity contribution in [3.63, 3.8) is 0 Å². The molecule has 1 rings (SSSR count). The smallest absolute Gasteiger partial charge is 0.303 e. The molecule has 5 nitrogen and oxygen atoms in total. The van der Waals surface area contributed by atoms with Crippen LogP contribution in [0.15, 0.2) is 30.3 Å². The van der Waals surface area contributed by atoms with Crippen LogP contribution in [-0.2, 0) is 9.59 Å². The van der Waals surface area contributed by atoms with Crippen LogP contribution in [0.4, 0.5) is 0 Å². The van der Waals surface area contributed by atoms with E-state index < -0.39 is 5.97 Å². The number of benzene rings is 1. The lowest BCUT2D eigenvalue weighted by molar-refractivity contribution is -0.137. The van der Waals surface area contributed by atoms with E-state index in [9.17, 15) is 14.4 Å². The summed E-state index contributed by atoms with van der Waals surface area (Å²) in [5, 5.41) is 10.8. The van der Waals surface area contributed by atoms with E-state index in [0.717, 1.165) is 12.8 Å². The van der Waals surface area contributed by atoms with E-state index in [1.165, 1.54) is 0 Å². The van der Waals surface area contributed by atoms with Crippen LogP contribution in [0.1, 0.15) is 48.9 Å². The van der Waals surface area contributed by atoms with E-state index in [1.807, 2.05) is 0 Å². The Labute approximate surface area is 118 Å². The number of nitrogens with one attached hydrogen (secondary N) is 1. The van der Waals surface area contributed by atoms with Gasteiger partial charge in [0.1, 0.15) is 0 Å². The number of carbonyl (C=O) groups excluding carboxylic acids is 2. The Bertz CT molecular complexity index is 456. The molecule has 2 amide bonds. The molecule has 1 aromatic carbocycles. The number of imide groups is 1. The molecule has 108 valence electrons. The Kier molecular flexibility index (Phi) is 7.03. The fraction of sp³-hybridized carbons (Fsp3) is 0.400. The molecule has 0 radical (unpaired) electrons. The average molecular weight is 277 g/mol. The zero-order valence-corrected chi connectivity index (χ0v) is 11.3. The monoisotopic (exact) mass is 277 g/mol. The highest BCUT2D eigenvalue weighted by molar-refractivity contribution is 6.04. The third-order valence-electron chi connectivity index (χ3n) is 2.83. The molecule has 0 unspecified atom stereocenters. The lowest BCUT2D eigenvalue weighted by Gasteiger charge is -2.04. The third-order valence-corrected chi connectivity index (χ3v) is 2.83. The van der Waals surface area contributed by atoms with Crippen LogP contribution in [-0.4, -0.2) is 22.9 Å². The van der Waals surface area contributed by atoms with Gasteiger partial charge in [0.05, 0.1) is 0 Å². The van der Waals surface area contributed by atoms with Crippen molar-refractivity contribution in [3.8, 4) is 0 Å². The van der Waals surface area contributed by atoms with Gasteiger partial charge in [0.2, 0.25) is 5.91 Å². The van der Waals surface area contributed by atoms with E-state index in [2.05, 4.69) is 5.32 Å². The average Bonchev–Trinajstić information content (AvgIpc) is 2.43. The molecule has 1 aromatic rings. The summed E-state index contributed by atoms with van der Waals surface area (Å²) in [4.78, 5) is 33.5. The molecule has 0 saturated carbocycles. The van der Waals surface area contributed by atoms with Gasteiger partial charge in [-0.2, -0.15) is 0 Å². The van der Waals surface area contributed by atoms with E-state index >= 15 is 0 Å². The third kappa shape index (κ3) is 6.68. The number of hydrogen-bond donors (Lipinski definition) is 2. The maximum Gasteiger partial charge on any atom is 0.303 e. The van der Waals surface area contributed by atoms with Crippen LogP contribution < -0.4 is 5.32 Å².